The lowest BCUT2D eigenvalue weighted by Gasteiger charge is -2.05. The average Bonchev–Trinajstić information content (AvgIpc) is 2.46. The Morgan fingerprint density at radius 1 is 1.37 bits per heavy atom. The first-order valence-corrected chi connectivity index (χ1v) is 5.89. The van der Waals surface area contributed by atoms with Crippen molar-refractivity contribution in [1.82, 2.24) is 10.3 Å². The molecule has 2 aromatic rings. The Labute approximate surface area is 111 Å². The van der Waals surface area contributed by atoms with Crippen LogP contribution in [0.3, 0.4) is 0 Å². The van der Waals surface area contributed by atoms with Crippen LogP contribution in [0.15, 0.2) is 42.6 Å². The van der Waals surface area contributed by atoms with Crippen molar-refractivity contribution >= 4 is 5.91 Å². The lowest BCUT2D eigenvalue weighted by molar-refractivity contribution is 0.0951. The van der Waals surface area contributed by atoms with E-state index in [-0.39, 0.29) is 5.91 Å². The molecule has 2 rings (SSSR count). The van der Waals surface area contributed by atoms with Gasteiger partial charge in [-0.15, -0.1) is 0 Å². The summed E-state index contributed by atoms with van der Waals surface area (Å²) in [6.45, 7) is 2.33. The third-order valence-corrected chi connectivity index (χ3v) is 2.68. The molecule has 0 saturated heterocycles. The van der Waals surface area contributed by atoms with Crippen molar-refractivity contribution in [2.45, 2.75) is 13.5 Å². The summed E-state index contributed by atoms with van der Waals surface area (Å²) in [6, 6.07) is 12.5. The number of carbonyl (C=O) groups excluding carboxylic acids is 1. The Morgan fingerprint density at radius 3 is 2.89 bits per heavy atom. The zero-order valence-electron chi connectivity index (χ0n) is 10.6. The van der Waals surface area contributed by atoms with E-state index in [0.717, 1.165) is 11.3 Å². The Morgan fingerprint density at radius 2 is 2.21 bits per heavy atom. The van der Waals surface area contributed by atoms with Crippen molar-refractivity contribution in [2.24, 2.45) is 0 Å². The van der Waals surface area contributed by atoms with Gasteiger partial charge in [0.05, 0.1) is 11.6 Å². The first-order chi connectivity index (χ1) is 9.19. The number of aryl methyl sites for hydroxylation is 1. The summed E-state index contributed by atoms with van der Waals surface area (Å²) in [5.41, 5.74) is 2.84. The van der Waals surface area contributed by atoms with E-state index >= 15 is 0 Å². The van der Waals surface area contributed by atoms with Crippen molar-refractivity contribution in [3.8, 4) is 6.07 Å². The summed E-state index contributed by atoms with van der Waals surface area (Å²) in [4.78, 5) is 16.1. The van der Waals surface area contributed by atoms with Gasteiger partial charge < -0.3 is 5.32 Å². The highest BCUT2D eigenvalue weighted by Crippen LogP contribution is 2.05. The summed E-state index contributed by atoms with van der Waals surface area (Å²) in [6.07, 6.45) is 1.74. The number of nitriles is 1. The molecule has 19 heavy (non-hydrogen) atoms. The molecule has 0 saturated carbocycles. The molecule has 1 heterocycles. The summed E-state index contributed by atoms with van der Waals surface area (Å²) < 4.78 is 0. The lowest BCUT2D eigenvalue weighted by atomic mass is 10.1. The van der Waals surface area contributed by atoms with Crippen molar-refractivity contribution in [3.05, 3.63) is 65.0 Å². The number of hydrogen-bond acceptors (Lipinski definition) is 3. The van der Waals surface area contributed by atoms with Crippen molar-refractivity contribution in [2.75, 3.05) is 0 Å². The number of hydrogen-bond donors (Lipinski definition) is 1. The molecule has 1 aromatic heterocycles. The summed E-state index contributed by atoms with van der Waals surface area (Å²) >= 11 is 0. The van der Waals surface area contributed by atoms with Gasteiger partial charge in [-0.3, -0.25) is 9.78 Å². The molecule has 0 fully saturated rings. The third-order valence-electron chi connectivity index (χ3n) is 2.68. The number of aromatic nitrogens is 1. The predicted octanol–water partition coefficient (Wildman–Crippen LogP) is 2.19. The van der Waals surface area contributed by atoms with Gasteiger partial charge in [-0.25, -0.2) is 0 Å². The maximum absolute atomic E-state index is 11.9. The normalized spacial score (nSPS) is 9.68. The van der Waals surface area contributed by atoms with E-state index in [1.807, 2.05) is 25.1 Å². The fraction of sp³-hybridized carbons (Fsp3) is 0.133. The van der Waals surface area contributed by atoms with Crippen LogP contribution in [0.1, 0.15) is 27.2 Å². The highest BCUT2D eigenvalue weighted by atomic mass is 16.1. The zero-order chi connectivity index (χ0) is 13.7. The smallest absolute Gasteiger partial charge is 0.251 e. The number of pyridine rings is 1. The van der Waals surface area contributed by atoms with Crippen LogP contribution in [0.25, 0.3) is 0 Å². The minimum Gasteiger partial charge on any atom is -0.348 e. The molecule has 0 atom stereocenters. The highest BCUT2D eigenvalue weighted by Gasteiger charge is 2.05. The minimum atomic E-state index is -0.197. The SMILES string of the molecule is Cc1ccc(CNC(=O)c2cccc(C#N)c2)cn1. The van der Waals surface area contributed by atoms with Gasteiger partial charge in [0, 0.05) is 24.0 Å². The van der Waals surface area contributed by atoms with Gasteiger partial charge in [0.25, 0.3) is 5.91 Å². The lowest BCUT2D eigenvalue weighted by Crippen LogP contribution is -2.22. The Balaban J connectivity index is 2.01. The second-order valence-corrected chi connectivity index (χ2v) is 4.18. The highest BCUT2D eigenvalue weighted by molar-refractivity contribution is 5.94. The van der Waals surface area contributed by atoms with Gasteiger partial charge in [0.15, 0.2) is 0 Å². The average molecular weight is 251 g/mol. The first kappa shape index (κ1) is 12.8. The predicted molar refractivity (Wildman–Crippen MR) is 71.3 cm³/mol. The maximum Gasteiger partial charge on any atom is 0.251 e. The Bertz CT molecular complexity index is 627. The molecular formula is C15H13N3O. The zero-order valence-corrected chi connectivity index (χ0v) is 10.6. The minimum absolute atomic E-state index is 0.197. The van der Waals surface area contributed by atoms with Crippen LogP contribution in [0, 0.1) is 18.3 Å². The van der Waals surface area contributed by atoms with E-state index in [0.29, 0.717) is 17.7 Å². The van der Waals surface area contributed by atoms with Gasteiger partial charge in [0.2, 0.25) is 0 Å². The first-order valence-electron chi connectivity index (χ1n) is 5.89. The van der Waals surface area contributed by atoms with Crippen LogP contribution < -0.4 is 5.32 Å². The van der Waals surface area contributed by atoms with E-state index in [1.54, 1.807) is 30.5 Å². The van der Waals surface area contributed by atoms with E-state index < -0.39 is 0 Å². The van der Waals surface area contributed by atoms with E-state index in [1.165, 1.54) is 0 Å². The molecule has 0 bridgehead atoms. The molecule has 94 valence electrons. The molecule has 1 aromatic carbocycles. The molecule has 0 aliphatic rings. The summed E-state index contributed by atoms with van der Waals surface area (Å²) in [7, 11) is 0. The van der Waals surface area contributed by atoms with E-state index in [9.17, 15) is 4.79 Å². The van der Waals surface area contributed by atoms with Gasteiger partial charge in [-0.2, -0.15) is 5.26 Å². The monoisotopic (exact) mass is 251 g/mol. The number of amides is 1. The third kappa shape index (κ3) is 3.39. The standard InChI is InChI=1S/C15H13N3O/c1-11-5-6-13(9-17-11)10-18-15(19)14-4-2-3-12(7-14)8-16/h2-7,9H,10H2,1H3,(H,18,19). The maximum atomic E-state index is 11.9. The van der Waals surface area contributed by atoms with Crippen molar-refractivity contribution < 1.29 is 4.79 Å². The Hall–Kier alpha value is -2.67. The topological polar surface area (TPSA) is 65.8 Å². The van der Waals surface area contributed by atoms with Crippen LogP contribution in [-0.2, 0) is 6.54 Å². The summed E-state index contributed by atoms with van der Waals surface area (Å²) in [5, 5.41) is 11.6. The van der Waals surface area contributed by atoms with Crippen LogP contribution in [-0.4, -0.2) is 10.9 Å². The molecule has 0 aliphatic carbocycles. The fourth-order valence-corrected chi connectivity index (χ4v) is 1.62. The van der Waals surface area contributed by atoms with E-state index in [2.05, 4.69) is 10.3 Å². The van der Waals surface area contributed by atoms with Crippen molar-refractivity contribution in [1.29, 1.82) is 5.26 Å². The number of nitrogens with zero attached hydrogens (tertiary/aromatic N) is 2. The summed E-state index contributed by atoms with van der Waals surface area (Å²) in [5.74, 6) is -0.197. The van der Waals surface area contributed by atoms with Gasteiger partial charge in [-0.1, -0.05) is 12.1 Å². The second-order valence-electron chi connectivity index (χ2n) is 4.18. The Kier molecular flexibility index (Phi) is 3.89. The number of carbonyl (C=O) groups is 1. The molecule has 0 spiro atoms. The van der Waals surface area contributed by atoms with Crippen LogP contribution in [0.4, 0.5) is 0 Å². The molecule has 0 aliphatic heterocycles. The number of nitrogens with one attached hydrogen (secondary N) is 1. The largest absolute Gasteiger partial charge is 0.348 e. The van der Waals surface area contributed by atoms with Gasteiger partial charge in [0.1, 0.15) is 0 Å². The van der Waals surface area contributed by atoms with Crippen LogP contribution in [0.2, 0.25) is 0 Å². The molecular weight excluding hydrogens is 238 g/mol. The van der Waals surface area contributed by atoms with Gasteiger partial charge >= 0.3 is 0 Å². The molecule has 0 radical (unpaired) electrons. The van der Waals surface area contributed by atoms with Crippen LogP contribution >= 0.6 is 0 Å². The fourth-order valence-electron chi connectivity index (χ4n) is 1.62. The van der Waals surface area contributed by atoms with Crippen molar-refractivity contribution in [3.63, 3.8) is 0 Å². The molecule has 4 heteroatoms. The van der Waals surface area contributed by atoms with Gasteiger partial charge in [-0.05, 0) is 36.8 Å². The van der Waals surface area contributed by atoms with E-state index in [4.69, 9.17) is 5.26 Å². The number of rotatable bonds is 3. The van der Waals surface area contributed by atoms with Crippen LogP contribution in [0.5, 0.6) is 0 Å². The molecule has 0 unspecified atom stereocenters. The molecule has 1 amide bonds. The second kappa shape index (κ2) is 5.78. The molecule has 1 N–H and O–H groups in total. The number of benzene rings is 1. The quantitative estimate of drug-likeness (QED) is 0.909. The molecule has 4 nitrogen and oxygen atoms in total.